The Morgan fingerprint density at radius 1 is 1.42 bits per heavy atom. The monoisotopic (exact) mass is 350 g/mol. The van der Waals surface area contributed by atoms with E-state index < -0.39 is 15.8 Å². The van der Waals surface area contributed by atoms with Crippen LogP contribution in [-0.4, -0.2) is 21.0 Å². The SMILES string of the molecule is NCC1CCCC1NS(=O)(=O)c1ccc(F)cc1Br. The predicted octanol–water partition coefficient (Wildman–Crippen LogP) is 1.99. The fourth-order valence-electron chi connectivity index (χ4n) is 2.43. The summed E-state index contributed by atoms with van der Waals surface area (Å²) in [5.41, 5.74) is 5.64. The summed E-state index contributed by atoms with van der Waals surface area (Å²) >= 11 is 3.08. The van der Waals surface area contributed by atoms with Gasteiger partial charge in [-0.25, -0.2) is 17.5 Å². The van der Waals surface area contributed by atoms with Crippen molar-refractivity contribution in [3.63, 3.8) is 0 Å². The number of halogens is 2. The van der Waals surface area contributed by atoms with Gasteiger partial charge in [0.1, 0.15) is 5.82 Å². The Hall–Kier alpha value is -0.500. The molecule has 0 bridgehead atoms. The Labute approximate surface area is 120 Å². The Kier molecular flexibility index (Phi) is 4.60. The summed E-state index contributed by atoms with van der Waals surface area (Å²) in [5, 5.41) is 0. The van der Waals surface area contributed by atoms with Crippen molar-refractivity contribution in [1.29, 1.82) is 0 Å². The molecule has 1 aromatic carbocycles. The van der Waals surface area contributed by atoms with Gasteiger partial charge in [0.15, 0.2) is 0 Å². The van der Waals surface area contributed by atoms with Crippen LogP contribution in [0.3, 0.4) is 0 Å². The molecule has 2 atom stereocenters. The van der Waals surface area contributed by atoms with Gasteiger partial charge in [0.2, 0.25) is 10.0 Å². The molecule has 0 saturated heterocycles. The number of hydrogen-bond acceptors (Lipinski definition) is 3. The molecule has 0 aliphatic heterocycles. The highest BCUT2D eigenvalue weighted by atomic mass is 79.9. The number of nitrogens with two attached hydrogens (primary N) is 1. The average molecular weight is 351 g/mol. The third-order valence-electron chi connectivity index (χ3n) is 3.45. The predicted molar refractivity (Wildman–Crippen MR) is 74.6 cm³/mol. The molecule has 1 saturated carbocycles. The number of rotatable bonds is 4. The zero-order valence-corrected chi connectivity index (χ0v) is 12.7. The van der Waals surface area contributed by atoms with Gasteiger partial charge in [0.25, 0.3) is 0 Å². The zero-order chi connectivity index (χ0) is 14.0. The summed E-state index contributed by atoms with van der Waals surface area (Å²) in [5.74, 6) is -0.305. The molecule has 1 aliphatic rings. The quantitative estimate of drug-likeness (QED) is 0.872. The second kappa shape index (κ2) is 5.87. The van der Waals surface area contributed by atoms with E-state index >= 15 is 0 Å². The first-order chi connectivity index (χ1) is 8.94. The summed E-state index contributed by atoms with van der Waals surface area (Å²) in [4.78, 5) is 0.0524. The molecule has 1 aliphatic carbocycles. The van der Waals surface area contributed by atoms with Crippen molar-refractivity contribution in [2.75, 3.05) is 6.54 Å². The molecule has 0 amide bonds. The third kappa shape index (κ3) is 3.34. The van der Waals surface area contributed by atoms with Gasteiger partial charge in [-0.2, -0.15) is 0 Å². The molecule has 2 unspecified atom stereocenters. The molecular formula is C12H16BrFN2O2S. The van der Waals surface area contributed by atoms with Crippen molar-refractivity contribution in [2.45, 2.75) is 30.2 Å². The first kappa shape index (κ1) is 14.9. The minimum Gasteiger partial charge on any atom is -0.330 e. The van der Waals surface area contributed by atoms with E-state index in [0.717, 1.165) is 31.4 Å². The maximum absolute atomic E-state index is 13.0. The molecule has 106 valence electrons. The van der Waals surface area contributed by atoms with Crippen LogP contribution in [0.2, 0.25) is 0 Å². The summed E-state index contributed by atoms with van der Waals surface area (Å²) < 4.78 is 40.4. The number of benzene rings is 1. The Morgan fingerprint density at radius 3 is 2.79 bits per heavy atom. The number of nitrogens with one attached hydrogen (secondary N) is 1. The van der Waals surface area contributed by atoms with Crippen LogP contribution >= 0.6 is 15.9 Å². The second-order valence-corrected chi connectivity index (χ2v) is 7.27. The summed E-state index contributed by atoms with van der Waals surface area (Å²) in [7, 11) is -3.65. The first-order valence-corrected chi connectivity index (χ1v) is 8.39. The van der Waals surface area contributed by atoms with Crippen LogP contribution in [0.4, 0.5) is 4.39 Å². The van der Waals surface area contributed by atoms with E-state index in [2.05, 4.69) is 20.7 Å². The van der Waals surface area contributed by atoms with Crippen LogP contribution in [-0.2, 0) is 10.0 Å². The van der Waals surface area contributed by atoms with E-state index in [1.165, 1.54) is 6.07 Å². The lowest BCUT2D eigenvalue weighted by atomic mass is 10.1. The maximum atomic E-state index is 13.0. The van der Waals surface area contributed by atoms with E-state index in [1.54, 1.807) is 0 Å². The van der Waals surface area contributed by atoms with Crippen LogP contribution in [0.5, 0.6) is 0 Å². The van der Waals surface area contributed by atoms with Crippen molar-refractivity contribution >= 4 is 26.0 Å². The van der Waals surface area contributed by atoms with E-state index in [-0.39, 0.29) is 21.3 Å². The minimum atomic E-state index is -3.65. The van der Waals surface area contributed by atoms with E-state index in [4.69, 9.17) is 5.73 Å². The van der Waals surface area contributed by atoms with Crippen LogP contribution in [0.25, 0.3) is 0 Å². The molecule has 1 fully saturated rings. The van der Waals surface area contributed by atoms with E-state index in [0.29, 0.717) is 6.54 Å². The van der Waals surface area contributed by atoms with Crippen molar-refractivity contribution < 1.29 is 12.8 Å². The molecular weight excluding hydrogens is 335 g/mol. The fourth-order valence-corrected chi connectivity index (χ4v) is 4.82. The molecule has 4 nitrogen and oxygen atoms in total. The van der Waals surface area contributed by atoms with Gasteiger partial charge in [0.05, 0.1) is 4.90 Å². The minimum absolute atomic E-state index is 0.0524. The smallest absolute Gasteiger partial charge is 0.241 e. The van der Waals surface area contributed by atoms with Gasteiger partial charge < -0.3 is 5.73 Å². The van der Waals surface area contributed by atoms with Crippen molar-refractivity contribution in [3.05, 3.63) is 28.5 Å². The summed E-state index contributed by atoms with van der Waals surface area (Å²) in [6.07, 6.45) is 2.70. The van der Waals surface area contributed by atoms with Crippen LogP contribution in [0.1, 0.15) is 19.3 Å². The first-order valence-electron chi connectivity index (χ1n) is 6.11. The van der Waals surface area contributed by atoms with Gasteiger partial charge in [0, 0.05) is 10.5 Å². The van der Waals surface area contributed by atoms with Gasteiger partial charge in [-0.3, -0.25) is 0 Å². The molecule has 0 radical (unpaired) electrons. The largest absolute Gasteiger partial charge is 0.330 e. The van der Waals surface area contributed by atoms with Crippen LogP contribution < -0.4 is 10.5 Å². The van der Waals surface area contributed by atoms with Gasteiger partial charge in [-0.15, -0.1) is 0 Å². The van der Waals surface area contributed by atoms with E-state index in [1.807, 2.05) is 0 Å². The van der Waals surface area contributed by atoms with Crippen molar-refractivity contribution in [2.24, 2.45) is 11.7 Å². The summed E-state index contributed by atoms with van der Waals surface area (Å²) in [6, 6.07) is 3.40. The van der Waals surface area contributed by atoms with Crippen molar-refractivity contribution in [3.8, 4) is 0 Å². The number of hydrogen-bond donors (Lipinski definition) is 2. The third-order valence-corrected chi connectivity index (χ3v) is 5.92. The van der Waals surface area contributed by atoms with Crippen LogP contribution in [0.15, 0.2) is 27.6 Å². The lowest BCUT2D eigenvalue weighted by Crippen LogP contribution is -2.39. The highest BCUT2D eigenvalue weighted by Gasteiger charge is 2.31. The Bertz CT molecular complexity index is 565. The molecule has 0 spiro atoms. The molecule has 1 aromatic rings. The van der Waals surface area contributed by atoms with Gasteiger partial charge in [-0.05, 0) is 59.4 Å². The lowest BCUT2D eigenvalue weighted by Gasteiger charge is -2.19. The lowest BCUT2D eigenvalue weighted by molar-refractivity contribution is 0.452. The van der Waals surface area contributed by atoms with Gasteiger partial charge >= 0.3 is 0 Å². The van der Waals surface area contributed by atoms with Crippen LogP contribution in [0, 0.1) is 11.7 Å². The molecule has 0 heterocycles. The maximum Gasteiger partial charge on any atom is 0.241 e. The molecule has 0 aromatic heterocycles. The molecule has 7 heteroatoms. The molecule has 3 N–H and O–H groups in total. The second-order valence-electron chi connectivity index (χ2n) is 4.73. The van der Waals surface area contributed by atoms with Gasteiger partial charge in [-0.1, -0.05) is 6.42 Å². The Morgan fingerprint density at radius 2 is 2.16 bits per heavy atom. The standard InChI is InChI=1S/C12H16BrFN2O2S/c13-10-6-9(14)4-5-12(10)19(17,18)16-11-3-1-2-8(11)7-15/h4-6,8,11,16H,1-3,7,15H2. The Balaban J connectivity index is 2.23. The number of sulfonamides is 1. The molecule has 2 rings (SSSR count). The van der Waals surface area contributed by atoms with Crippen molar-refractivity contribution in [1.82, 2.24) is 4.72 Å². The normalized spacial score (nSPS) is 23.7. The highest BCUT2D eigenvalue weighted by molar-refractivity contribution is 9.10. The highest BCUT2D eigenvalue weighted by Crippen LogP contribution is 2.28. The zero-order valence-electron chi connectivity index (χ0n) is 10.3. The summed E-state index contributed by atoms with van der Waals surface area (Å²) in [6.45, 7) is 0.470. The van der Waals surface area contributed by atoms with E-state index in [9.17, 15) is 12.8 Å². The average Bonchev–Trinajstić information content (AvgIpc) is 2.74. The molecule has 19 heavy (non-hydrogen) atoms. The fraction of sp³-hybridized carbons (Fsp3) is 0.500. The topological polar surface area (TPSA) is 72.2 Å².